The van der Waals surface area contributed by atoms with Crippen molar-refractivity contribution in [2.45, 2.75) is 12.0 Å². The van der Waals surface area contributed by atoms with Crippen molar-refractivity contribution < 1.29 is 19.5 Å². The number of hydrogen-bond donors (Lipinski definition) is 1. The zero-order chi connectivity index (χ0) is 23.2. The number of anilines is 1. The van der Waals surface area contributed by atoms with E-state index in [0.717, 1.165) is 0 Å². The number of hydrogen-bond acceptors (Lipinski definition) is 5. The molecule has 0 bridgehead atoms. The number of para-hydroxylation sites is 1. The van der Waals surface area contributed by atoms with Crippen LogP contribution in [0.3, 0.4) is 0 Å². The lowest BCUT2D eigenvalue weighted by molar-refractivity contribution is -0.143. The first-order valence-corrected chi connectivity index (χ1v) is 10.7. The molecule has 0 saturated carbocycles. The number of benzene rings is 2. The second-order valence-electron chi connectivity index (χ2n) is 8.26. The lowest BCUT2D eigenvalue weighted by atomic mass is 9.82. The summed E-state index contributed by atoms with van der Waals surface area (Å²) in [5.74, 6) is -2.51. The summed E-state index contributed by atoms with van der Waals surface area (Å²) in [4.78, 5) is 45.0. The molecule has 2 aromatic carbocycles. The third-order valence-corrected chi connectivity index (χ3v) is 6.30. The van der Waals surface area contributed by atoms with Gasteiger partial charge in [0.25, 0.3) is 17.6 Å². The van der Waals surface area contributed by atoms with Crippen molar-refractivity contribution in [1.29, 1.82) is 0 Å². The molecule has 1 unspecified atom stereocenters. The molecule has 1 atom stereocenters. The average Bonchev–Trinajstić information content (AvgIpc) is 3.13. The highest BCUT2D eigenvalue weighted by Crippen LogP contribution is 2.53. The number of amides is 2. The van der Waals surface area contributed by atoms with Gasteiger partial charge in [0.1, 0.15) is 5.76 Å². The molecule has 7 nitrogen and oxygen atoms in total. The number of rotatable bonds is 5. The van der Waals surface area contributed by atoms with Crippen molar-refractivity contribution >= 4 is 40.6 Å². The van der Waals surface area contributed by atoms with Gasteiger partial charge in [0.15, 0.2) is 5.54 Å². The lowest BCUT2D eigenvalue weighted by Crippen LogP contribution is -2.51. The maximum Gasteiger partial charge on any atom is 0.296 e. The van der Waals surface area contributed by atoms with E-state index in [1.54, 1.807) is 55.6 Å². The van der Waals surface area contributed by atoms with Gasteiger partial charge in [0.2, 0.25) is 0 Å². The number of halogens is 1. The van der Waals surface area contributed by atoms with Crippen molar-refractivity contribution in [2.75, 3.05) is 39.1 Å². The second-order valence-corrected chi connectivity index (χ2v) is 8.70. The molecule has 2 aliphatic heterocycles. The van der Waals surface area contributed by atoms with Gasteiger partial charge in [-0.25, -0.2) is 0 Å². The molecule has 2 aliphatic rings. The Bertz CT molecular complexity index is 1140. The third kappa shape index (κ3) is 3.12. The van der Waals surface area contributed by atoms with E-state index < -0.39 is 28.9 Å². The van der Waals surface area contributed by atoms with Gasteiger partial charge in [-0.15, -0.1) is 0 Å². The monoisotopic (exact) mass is 453 g/mol. The molecule has 8 heteroatoms. The largest absolute Gasteiger partial charge is 0.507 e. The summed E-state index contributed by atoms with van der Waals surface area (Å²) in [5, 5.41) is 11.7. The standard InChI is InChI=1S/C24H24ClN3O4/c1-26(2)13-6-14-28-22(31)21(30)19(20(29)15-9-11-16(25)12-10-15)24(28)17-7-4-5-8-18(17)27(3)23(24)32/h4-5,7-12,29H,6,13-14H2,1-3H3/b20-19+. The van der Waals surface area contributed by atoms with Crippen molar-refractivity contribution in [3.8, 4) is 0 Å². The Morgan fingerprint density at radius 1 is 1.06 bits per heavy atom. The maximum atomic E-state index is 13.8. The van der Waals surface area contributed by atoms with Crippen LogP contribution in [0.5, 0.6) is 0 Å². The van der Waals surface area contributed by atoms with E-state index in [1.165, 1.54) is 9.80 Å². The minimum absolute atomic E-state index is 0.189. The van der Waals surface area contributed by atoms with Crippen molar-refractivity contribution in [3.63, 3.8) is 0 Å². The van der Waals surface area contributed by atoms with Crippen LogP contribution in [-0.2, 0) is 19.9 Å². The van der Waals surface area contributed by atoms with Gasteiger partial charge in [-0.05, 0) is 57.4 Å². The molecule has 1 fully saturated rings. The Labute approximate surface area is 191 Å². The van der Waals surface area contributed by atoms with E-state index in [4.69, 9.17) is 11.6 Å². The van der Waals surface area contributed by atoms with Crippen LogP contribution in [0.1, 0.15) is 17.5 Å². The maximum absolute atomic E-state index is 13.8. The van der Waals surface area contributed by atoms with Crippen LogP contribution in [0.4, 0.5) is 5.69 Å². The summed E-state index contributed by atoms with van der Waals surface area (Å²) in [7, 11) is 5.43. The fourth-order valence-corrected chi connectivity index (χ4v) is 4.69. The van der Waals surface area contributed by atoms with Crippen LogP contribution in [0.2, 0.25) is 5.02 Å². The fourth-order valence-electron chi connectivity index (χ4n) is 4.57. The highest BCUT2D eigenvalue weighted by atomic mass is 35.5. The van der Waals surface area contributed by atoms with Crippen molar-refractivity contribution in [2.24, 2.45) is 0 Å². The van der Waals surface area contributed by atoms with Crippen molar-refractivity contribution in [1.82, 2.24) is 9.80 Å². The number of aliphatic hydroxyl groups excluding tert-OH is 1. The third-order valence-electron chi connectivity index (χ3n) is 6.04. The van der Waals surface area contributed by atoms with Gasteiger partial charge in [0, 0.05) is 35.4 Å². The molecule has 0 aliphatic carbocycles. The van der Waals surface area contributed by atoms with E-state index >= 15 is 0 Å². The Balaban J connectivity index is 1.98. The minimum atomic E-state index is -1.71. The van der Waals surface area contributed by atoms with Crippen LogP contribution in [0, 0.1) is 0 Å². The molecule has 0 radical (unpaired) electrons. The minimum Gasteiger partial charge on any atom is -0.507 e. The predicted molar refractivity (Wildman–Crippen MR) is 122 cm³/mol. The smallest absolute Gasteiger partial charge is 0.296 e. The van der Waals surface area contributed by atoms with E-state index in [2.05, 4.69) is 0 Å². The second kappa shape index (κ2) is 8.07. The summed E-state index contributed by atoms with van der Waals surface area (Å²) in [6.07, 6.45) is 0.557. The van der Waals surface area contributed by atoms with E-state index in [-0.39, 0.29) is 12.1 Å². The van der Waals surface area contributed by atoms with Gasteiger partial charge < -0.3 is 19.8 Å². The number of likely N-dealkylation sites (tertiary alicyclic amines) is 1. The first-order valence-electron chi connectivity index (χ1n) is 10.3. The lowest BCUT2D eigenvalue weighted by Gasteiger charge is -2.34. The van der Waals surface area contributed by atoms with E-state index in [1.807, 2.05) is 19.0 Å². The Hall–Kier alpha value is -3.16. The zero-order valence-corrected chi connectivity index (χ0v) is 18.9. The molecule has 2 heterocycles. The first kappa shape index (κ1) is 22.0. The number of likely N-dealkylation sites (N-methyl/N-ethyl adjacent to an activating group) is 1. The molecule has 32 heavy (non-hydrogen) atoms. The predicted octanol–water partition coefficient (Wildman–Crippen LogP) is 2.84. The topological polar surface area (TPSA) is 81.2 Å². The number of aliphatic hydroxyl groups is 1. The normalized spacial score (nSPS) is 21.8. The van der Waals surface area contributed by atoms with E-state index in [0.29, 0.717) is 34.8 Å². The summed E-state index contributed by atoms with van der Waals surface area (Å²) in [6, 6.07) is 13.3. The molecule has 0 aromatic heterocycles. The van der Waals surface area contributed by atoms with Gasteiger partial charge in [-0.3, -0.25) is 14.4 Å². The highest BCUT2D eigenvalue weighted by Gasteiger charge is 2.66. The zero-order valence-electron chi connectivity index (χ0n) is 18.1. The number of Topliss-reactive ketones (excluding diaryl/α,β-unsaturated/α-hetero) is 1. The molecular formula is C24H24ClN3O4. The molecule has 2 aromatic rings. The summed E-state index contributed by atoms with van der Waals surface area (Å²) in [5.41, 5.74) is -0.516. The number of ketones is 1. The quantitative estimate of drug-likeness (QED) is 0.427. The SMILES string of the molecule is CN(C)CCCN1C(=O)C(=O)/C(=C(\O)c2ccc(Cl)cc2)C12C(=O)N(C)c1ccccc12. The number of fused-ring (bicyclic) bond motifs is 2. The van der Waals surface area contributed by atoms with Gasteiger partial charge >= 0.3 is 0 Å². The van der Waals surface area contributed by atoms with Crippen molar-refractivity contribution in [3.05, 3.63) is 70.3 Å². The van der Waals surface area contributed by atoms with Crippen LogP contribution in [0.15, 0.2) is 54.1 Å². The molecule has 2 amide bonds. The first-order chi connectivity index (χ1) is 15.2. The average molecular weight is 454 g/mol. The number of nitrogens with zero attached hydrogens (tertiary/aromatic N) is 3. The molecule has 1 N–H and O–H groups in total. The number of carbonyl (C=O) groups is 3. The van der Waals surface area contributed by atoms with Gasteiger partial charge in [-0.2, -0.15) is 0 Å². The number of carbonyl (C=O) groups excluding carboxylic acids is 3. The fraction of sp³-hybridized carbons (Fsp3) is 0.292. The van der Waals surface area contributed by atoms with Crippen LogP contribution < -0.4 is 4.90 Å². The Morgan fingerprint density at radius 2 is 1.72 bits per heavy atom. The summed E-state index contributed by atoms with van der Waals surface area (Å²) < 4.78 is 0. The molecule has 166 valence electrons. The Kier molecular flexibility index (Phi) is 5.56. The van der Waals surface area contributed by atoms with Crippen LogP contribution in [0.25, 0.3) is 5.76 Å². The highest BCUT2D eigenvalue weighted by molar-refractivity contribution is 6.50. The molecule has 1 spiro atoms. The molecule has 1 saturated heterocycles. The Morgan fingerprint density at radius 3 is 2.38 bits per heavy atom. The molecule has 4 rings (SSSR count). The van der Waals surface area contributed by atoms with Crippen LogP contribution in [-0.4, -0.2) is 66.7 Å². The summed E-state index contributed by atoms with van der Waals surface area (Å²) in [6.45, 7) is 0.857. The van der Waals surface area contributed by atoms with Crippen LogP contribution >= 0.6 is 11.6 Å². The summed E-state index contributed by atoms with van der Waals surface area (Å²) >= 11 is 5.97. The van der Waals surface area contributed by atoms with E-state index in [9.17, 15) is 19.5 Å². The van der Waals surface area contributed by atoms with Gasteiger partial charge in [0.05, 0.1) is 5.57 Å². The molecular weight excluding hydrogens is 430 g/mol. The van der Waals surface area contributed by atoms with Gasteiger partial charge in [-0.1, -0.05) is 29.8 Å².